The van der Waals surface area contributed by atoms with Crippen molar-refractivity contribution >= 4 is 29.3 Å². The average molecular weight is 338 g/mol. The molecule has 1 aromatic rings. The van der Waals surface area contributed by atoms with Gasteiger partial charge in [0, 0.05) is 18.8 Å². The third-order valence-corrected chi connectivity index (χ3v) is 5.33. The van der Waals surface area contributed by atoms with Crippen molar-refractivity contribution in [2.24, 2.45) is 5.92 Å². The van der Waals surface area contributed by atoms with Gasteiger partial charge in [-0.05, 0) is 56.9 Å². The lowest BCUT2D eigenvalue weighted by atomic mass is 10.2. The summed E-state index contributed by atoms with van der Waals surface area (Å²) in [4.78, 5) is 26.1. The van der Waals surface area contributed by atoms with Gasteiger partial charge < -0.3 is 10.2 Å². The Kier molecular flexibility index (Phi) is 6.04. The number of hydrogen-bond donors (Lipinski definition) is 1. The van der Waals surface area contributed by atoms with Gasteiger partial charge in [-0.15, -0.1) is 11.8 Å². The van der Waals surface area contributed by atoms with E-state index in [1.807, 2.05) is 14.0 Å². The van der Waals surface area contributed by atoms with E-state index in [9.17, 15) is 14.0 Å². The average Bonchev–Trinajstić information content (AvgIpc) is 3.37. The van der Waals surface area contributed by atoms with E-state index in [1.54, 1.807) is 4.90 Å². The molecule has 1 aliphatic carbocycles. The maximum atomic E-state index is 12.8. The maximum Gasteiger partial charge on any atom is 0.235 e. The highest BCUT2D eigenvalue weighted by molar-refractivity contribution is 8.01. The summed E-state index contributed by atoms with van der Waals surface area (Å²) in [5, 5.41) is 2.43. The van der Waals surface area contributed by atoms with Crippen molar-refractivity contribution in [3.63, 3.8) is 0 Å². The molecule has 0 heterocycles. The fourth-order valence-electron chi connectivity index (χ4n) is 2.38. The number of carbonyl (C=O) groups is 2. The molecule has 0 aliphatic heterocycles. The number of rotatable bonds is 7. The van der Waals surface area contributed by atoms with E-state index in [-0.39, 0.29) is 34.7 Å². The lowest BCUT2D eigenvalue weighted by molar-refractivity contribution is -0.131. The van der Waals surface area contributed by atoms with Gasteiger partial charge in [0.15, 0.2) is 0 Å². The summed E-state index contributed by atoms with van der Waals surface area (Å²) in [6, 6.07) is 5.88. The van der Waals surface area contributed by atoms with Gasteiger partial charge in [0.2, 0.25) is 11.8 Å². The zero-order valence-electron chi connectivity index (χ0n) is 13.7. The Bertz CT molecular complexity index is 560. The van der Waals surface area contributed by atoms with E-state index < -0.39 is 0 Å². The molecule has 1 aromatic carbocycles. The first-order chi connectivity index (χ1) is 10.9. The number of amides is 2. The van der Waals surface area contributed by atoms with Gasteiger partial charge >= 0.3 is 0 Å². The van der Waals surface area contributed by atoms with Gasteiger partial charge in [0.05, 0.1) is 11.0 Å². The van der Waals surface area contributed by atoms with E-state index in [0.29, 0.717) is 11.6 Å². The predicted octanol–water partition coefficient (Wildman–Crippen LogP) is 3.14. The van der Waals surface area contributed by atoms with E-state index >= 15 is 0 Å². The third kappa shape index (κ3) is 5.23. The van der Waals surface area contributed by atoms with Crippen molar-refractivity contribution in [1.82, 2.24) is 4.90 Å². The molecule has 126 valence electrons. The summed E-state index contributed by atoms with van der Waals surface area (Å²) in [5.41, 5.74) is 0.551. The lowest BCUT2D eigenvalue weighted by Gasteiger charge is -2.27. The van der Waals surface area contributed by atoms with E-state index in [1.165, 1.54) is 48.9 Å². The molecule has 2 atom stereocenters. The highest BCUT2D eigenvalue weighted by atomic mass is 32.2. The Labute approximate surface area is 140 Å². The summed E-state index contributed by atoms with van der Waals surface area (Å²) in [6.45, 7) is 3.91. The van der Waals surface area contributed by atoms with Crippen LogP contribution in [-0.4, -0.2) is 40.8 Å². The van der Waals surface area contributed by atoms with Crippen molar-refractivity contribution in [1.29, 1.82) is 0 Å². The molecular weight excluding hydrogens is 315 g/mol. The number of halogens is 1. The summed E-state index contributed by atoms with van der Waals surface area (Å²) < 4.78 is 12.8. The first-order valence-electron chi connectivity index (χ1n) is 7.82. The van der Waals surface area contributed by atoms with E-state index in [0.717, 1.165) is 0 Å². The molecule has 2 rings (SSSR count). The summed E-state index contributed by atoms with van der Waals surface area (Å²) in [7, 11) is 1.83. The molecule has 0 saturated heterocycles. The molecule has 2 unspecified atom stereocenters. The number of nitrogens with one attached hydrogen (secondary N) is 1. The Hall–Kier alpha value is -1.56. The van der Waals surface area contributed by atoms with Crippen LogP contribution in [-0.2, 0) is 9.59 Å². The van der Waals surface area contributed by atoms with Gasteiger partial charge in [-0.25, -0.2) is 4.39 Å². The van der Waals surface area contributed by atoms with Gasteiger partial charge in [-0.2, -0.15) is 0 Å². The first-order valence-corrected chi connectivity index (χ1v) is 8.87. The van der Waals surface area contributed by atoms with Gasteiger partial charge in [-0.1, -0.05) is 0 Å². The predicted molar refractivity (Wildman–Crippen MR) is 91.9 cm³/mol. The number of carbonyl (C=O) groups excluding carboxylic acids is 2. The lowest BCUT2D eigenvalue weighted by Crippen LogP contribution is -2.41. The second-order valence-electron chi connectivity index (χ2n) is 6.04. The minimum Gasteiger partial charge on any atom is -0.342 e. The molecule has 1 N–H and O–H groups in total. The number of nitrogens with zero attached hydrogens (tertiary/aromatic N) is 1. The van der Waals surface area contributed by atoms with Crippen LogP contribution in [0.5, 0.6) is 0 Å². The normalized spacial score (nSPS) is 16.5. The summed E-state index contributed by atoms with van der Waals surface area (Å²) >= 11 is 1.32. The van der Waals surface area contributed by atoms with Crippen molar-refractivity contribution in [3.8, 4) is 0 Å². The van der Waals surface area contributed by atoms with Crippen LogP contribution in [0.4, 0.5) is 10.1 Å². The molecule has 1 saturated carbocycles. The molecule has 0 aromatic heterocycles. The highest BCUT2D eigenvalue weighted by Gasteiger charge is 2.33. The van der Waals surface area contributed by atoms with Crippen LogP contribution in [0.25, 0.3) is 0 Å². The Balaban J connectivity index is 1.76. The summed E-state index contributed by atoms with van der Waals surface area (Å²) in [5.74, 6) is 0.339. The number of benzene rings is 1. The van der Waals surface area contributed by atoms with Crippen LogP contribution in [0.1, 0.15) is 26.7 Å². The topological polar surface area (TPSA) is 49.4 Å². The van der Waals surface area contributed by atoms with Gasteiger partial charge in [0.25, 0.3) is 0 Å². The van der Waals surface area contributed by atoms with Crippen LogP contribution < -0.4 is 5.32 Å². The molecule has 1 aliphatic rings. The molecule has 0 bridgehead atoms. The van der Waals surface area contributed by atoms with Crippen LogP contribution >= 0.6 is 11.8 Å². The highest BCUT2D eigenvalue weighted by Crippen LogP contribution is 2.35. The number of hydrogen-bond acceptors (Lipinski definition) is 3. The quantitative estimate of drug-likeness (QED) is 0.831. The van der Waals surface area contributed by atoms with Crippen molar-refractivity contribution in [2.45, 2.75) is 38.0 Å². The molecule has 0 spiro atoms. The zero-order chi connectivity index (χ0) is 17.0. The molecule has 0 radical (unpaired) electrons. The second-order valence-corrected chi connectivity index (χ2v) is 7.36. The molecule has 2 amide bonds. The van der Waals surface area contributed by atoms with Gasteiger partial charge in [0.1, 0.15) is 5.82 Å². The first kappa shape index (κ1) is 17.8. The summed E-state index contributed by atoms with van der Waals surface area (Å²) in [6.07, 6.45) is 2.39. The largest absolute Gasteiger partial charge is 0.342 e. The molecule has 4 nitrogen and oxygen atoms in total. The molecule has 23 heavy (non-hydrogen) atoms. The van der Waals surface area contributed by atoms with E-state index in [4.69, 9.17) is 0 Å². The van der Waals surface area contributed by atoms with Crippen LogP contribution in [0.3, 0.4) is 0 Å². The maximum absolute atomic E-state index is 12.8. The Morgan fingerprint density at radius 3 is 2.48 bits per heavy atom. The number of thioether (sulfide) groups is 1. The zero-order valence-corrected chi connectivity index (χ0v) is 14.5. The van der Waals surface area contributed by atoms with Gasteiger partial charge in [-0.3, -0.25) is 9.59 Å². The minimum atomic E-state index is -0.343. The number of anilines is 1. The van der Waals surface area contributed by atoms with Crippen LogP contribution in [0.2, 0.25) is 0 Å². The van der Waals surface area contributed by atoms with Crippen molar-refractivity contribution < 1.29 is 14.0 Å². The van der Waals surface area contributed by atoms with E-state index in [2.05, 4.69) is 12.2 Å². The van der Waals surface area contributed by atoms with Crippen LogP contribution in [0, 0.1) is 11.7 Å². The fourth-order valence-corrected chi connectivity index (χ4v) is 3.17. The molecule has 6 heteroatoms. The van der Waals surface area contributed by atoms with Crippen molar-refractivity contribution in [2.75, 3.05) is 18.1 Å². The van der Waals surface area contributed by atoms with Crippen molar-refractivity contribution in [3.05, 3.63) is 30.1 Å². The fraction of sp³-hybridized carbons (Fsp3) is 0.529. The SMILES string of the molecule is CC(SCC(=O)Nc1ccc(F)cc1)C(=O)N(C)C(C)C1CC1. The smallest absolute Gasteiger partial charge is 0.235 e. The Morgan fingerprint density at radius 1 is 1.30 bits per heavy atom. The minimum absolute atomic E-state index is 0.0592. The Morgan fingerprint density at radius 2 is 1.91 bits per heavy atom. The molecular formula is C17H23FN2O2S. The molecule has 1 fully saturated rings. The monoisotopic (exact) mass is 338 g/mol. The third-order valence-electron chi connectivity index (χ3n) is 4.20. The second kappa shape index (κ2) is 7.81. The van der Waals surface area contributed by atoms with Crippen LogP contribution in [0.15, 0.2) is 24.3 Å². The standard InChI is InChI=1S/C17H23FN2O2S/c1-11(13-4-5-13)20(3)17(22)12(2)23-10-16(21)19-15-8-6-14(18)7-9-15/h6-9,11-13H,4-5,10H2,1-3H3,(H,19,21).